The number of hydrogen-bond acceptors (Lipinski definition) is 3. The van der Waals surface area contributed by atoms with E-state index >= 15 is 0 Å². The average Bonchev–Trinajstić information content (AvgIpc) is 3.31. The van der Waals surface area contributed by atoms with E-state index in [1.807, 2.05) is 18.2 Å². The van der Waals surface area contributed by atoms with Gasteiger partial charge in [0.15, 0.2) is 0 Å². The SMILES string of the molecule is COc1cc(CCNC(C)=O)c2cc(OC3CC3)ccc2c1. The van der Waals surface area contributed by atoms with E-state index in [0.29, 0.717) is 12.6 Å². The Balaban J connectivity index is 1.91. The van der Waals surface area contributed by atoms with Crippen molar-refractivity contribution in [3.8, 4) is 11.5 Å². The van der Waals surface area contributed by atoms with Crippen LogP contribution in [0.1, 0.15) is 25.3 Å². The molecule has 0 radical (unpaired) electrons. The second-order valence-corrected chi connectivity index (χ2v) is 5.72. The Morgan fingerprint density at radius 3 is 2.73 bits per heavy atom. The molecule has 2 aromatic carbocycles. The lowest BCUT2D eigenvalue weighted by Crippen LogP contribution is -2.22. The molecular formula is C18H21NO3. The molecule has 3 rings (SSSR count). The summed E-state index contributed by atoms with van der Waals surface area (Å²) in [5, 5.41) is 5.12. The van der Waals surface area contributed by atoms with Crippen molar-refractivity contribution in [2.75, 3.05) is 13.7 Å². The fourth-order valence-corrected chi connectivity index (χ4v) is 2.53. The summed E-state index contributed by atoms with van der Waals surface area (Å²) >= 11 is 0. The lowest BCUT2D eigenvalue weighted by molar-refractivity contribution is -0.118. The monoisotopic (exact) mass is 299 g/mol. The molecule has 2 aromatic rings. The molecule has 0 heterocycles. The number of methoxy groups -OCH3 is 1. The third kappa shape index (κ3) is 3.50. The quantitative estimate of drug-likeness (QED) is 0.891. The summed E-state index contributed by atoms with van der Waals surface area (Å²) < 4.78 is 11.3. The first-order chi connectivity index (χ1) is 10.7. The summed E-state index contributed by atoms with van der Waals surface area (Å²) in [6.45, 7) is 2.15. The highest BCUT2D eigenvalue weighted by Crippen LogP contribution is 2.32. The highest BCUT2D eigenvalue weighted by molar-refractivity contribution is 5.88. The van der Waals surface area contributed by atoms with E-state index in [4.69, 9.17) is 9.47 Å². The first-order valence-corrected chi connectivity index (χ1v) is 7.67. The zero-order valence-electron chi connectivity index (χ0n) is 13.0. The number of nitrogens with one attached hydrogen (secondary N) is 1. The highest BCUT2D eigenvalue weighted by atomic mass is 16.5. The Bertz CT molecular complexity index is 692. The normalized spacial score (nSPS) is 13.9. The summed E-state index contributed by atoms with van der Waals surface area (Å²) in [6.07, 6.45) is 3.45. The van der Waals surface area contributed by atoms with Crippen molar-refractivity contribution in [2.45, 2.75) is 32.3 Å². The van der Waals surface area contributed by atoms with Crippen LogP contribution in [0.2, 0.25) is 0 Å². The summed E-state index contributed by atoms with van der Waals surface area (Å²) in [6, 6.07) is 10.2. The van der Waals surface area contributed by atoms with Crippen LogP contribution in [0.25, 0.3) is 10.8 Å². The van der Waals surface area contributed by atoms with Gasteiger partial charge in [0.05, 0.1) is 13.2 Å². The molecule has 116 valence electrons. The molecular weight excluding hydrogens is 278 g/mol. The Labute approximate surface area is 130 Å². The van der Waals surface area contributed by atoms with Gasteiger partial charge in [0.2, 0.25) is 5.91 Å². The van der Waals surface area contributed by atoms with Gasteiger partial charge in [-0.2, -0.15) is 0 Å². The predicted octanol–water partition coefficient (Wildman–Crippen LogP) is 3.07. The second-order valence-electron chi connectivity index (χ2n) is 5.72. The molecule has 0 bridgehead atoms. The van der Waals surface area contributed by atoms with Crippen molar-refractivity contribution >= 4 is 16.7 Å². The summed E-state index contributed by atoms with van der Waals surface area (Å²) in [5.41, 5.74) is 1.16. The minimum absolute atomic E-state index is 0.00930. The van der Waals surface area contributed by atoms with Crippen molar-refractivity contribution < 1.29 is 14.3 Å². The zero-order valence-corrected chi connectivity index (χ0v) is 13.0. The standard InChI is InChI=1S/C18H21NO3/c1-12(20)19-8-7-14-10-17(21-2)9-13-3-4-16(11-18(13)14)22-15-5-6-15/h3-4,9-11,15H,5-8H2,1-2H3,(H,19,20). The number of hydrogen-bond donors (Lipinski definition) is 1. The number of amides is 1. The summed E-state index contributed by atoms with van der Waals surface area (Å²) in [7, 11) is 1.67. The first kappa shape index (κ1) is 14.7. The van der Waals surface area contributed by atoms with Gasteiger partial charge in [-0.1, -0.05) is 6.07 Å². The van der Waals surface area contributed by atoms with Gasteiger partial charge in [-0.25, -0.2) is 0 Å². The number of fused-ring (bicyclic) bond motifs is 1. The van der Waals surface area contributed by atoms with Crippen molar-refractivity contribution in [3.63, 3.8) is 0 Å². The van der Waals surface area contributed by atoms with E-state index < -0.39 is 0 Å². The van der Waals surface area contributed by atoms with Gasteiger partial charge >= 0.3 is 0 Å². The molecule has 1 N–H and O–H groups in total. The maximum atomic E-state index is 11.0. The number of rotatable bonds is 6. The van der Waals surface area contributed by atoms with E-state index in [2.05, 4.69) is 17.4 Å². The average molecular weight is 299 g/mol. The van der Waals surface area contributed by atoms with Gasteiger partial charge in [-0.15, -0.1) is 0 Å². The van der Waals surface area contributed by atoms with Crippen LogP contribution in [-0.2, 0) is 11.2 Å². The topological polar surface area (TPSA) is 47.6 Å². The van der Waals surface area contributed by atoms with Crippen LogP contribution in [0, 0.1) is 0 Å². The van der Waals surface area contributed by atoms with Crippen LogP contribution in [0.4, 0.5) is 0 Å². The molecule has 0 spiro atoms. The number of ether oxygens (including phenoxy) is 2. The van der Waals surface area contributed by atoms with E-state index in [0.717, 1.165) is 47.1 Å². The maximum Gasteiger partial charge on any atom is 0.216 e. The Kier molecular flexibility index (Phi) is 4.18. The van der Waals surface area contributed by atoms with Crippen molar-refractivity contribution in [1.29, 1.82) is 0 Å². The molecule has 0 aromatic heterocycles. The Morgan fingerprint density at radius 1 is 1.23 bits per heavy atom. The molecule has 22 heavy (non-hydrogen) atoms. The Hall–Kier alpha value is -2.23. The van der Waals surface area contributed by atoms with E-state index in [1.54, 1.807) is 7.11 Å². The fraction of sp³-hybridized carbons (Fsp3) is 0.389. The van der Waals surface area contributed by atoms with Gasteiger partial charge in [0.1, 0.15) is 11.5 Å². The maximum absolute atomic E-state index is 11.0. The molecule has 1 amide bonds. The van der Waals surface area contributed by atoms with Crippen LogP contribution < -0.4 is 14.8 Å². The fourth-order valence-electron chi connectivity index (χ4n) is 2.53. The van der Waals surface area contributed by atoms with Gasteiger partial charge in [-0.3, -0.25) is 4.79 Å². The van der Waals surface area contributed by atoms with Gasteiger partial charge < -0.3 is 14.8 Å². The molecule has 1 fully saturated rings. The van der Waals surface area contributed by atoms with Gasteiger partial charge in [0, 0.05) is 13.5 Å². The zero-order chi connectivity index (χ0) is 15.5. The smallest absolute Gasteiger partial charge is 0.216 e. The van der Waals surface area contributed by atoms with Crippen molar-refractivity contribution in [3.05, 3.63) is 35.9 Å². The lowest BCUT2D eigenvalue weighted by atomic mass is 10.0. The van der Waals surface area contributed by atoms with Crippen LogP contribution in [0.3, 0.4) is 0 Å². The molecule has 1 aliphatic rings. The van der Waals surface area contributed by atoms with E-state index in [-0.39, 0.29) is 5.91 Å². The first-order valence-electron chi connectivity index (χ1n) is 7.67. The van der Waals surface area contributed by atoms with Crippen LogP contribution in [0.5, 0.6) is 11.5 Å². The largest absolute Gasteiger partial charge is 0.497 e. The minimum atomic E-state index is -0.00930. The predicted molar refractivity (Wildman–Crippen MR) is 86.5 cm³/mol. The molecule has 0 saturated heterocycles. The lowest BCUT2D eigenvalue weighted by Gasteiger charge is -2.12. The molecule has 0 unspecified atom stereocenters. The van der Waals surface area contributed by atoms with Crippen molar-refractivity contribution in [2.24, 2.45) is 0 Å². The molecule has 0 atom stereocenters. The van der Waals surface area contributed by atoms with E-state index in [1.165, 1.54) is 6.92 Å². The molecule has 4 nitrogen and oxygen atoms in total. The summed E-state index contributed by atoms with van der Waals surface area (Å²) in [5.74, 6) is 1.74. The second kappa shape index (κ2) is 6.26. The third-order valence-corrected chi connectivity index (χ3v) is 3.82. The molecule has 0 aliphatic heterocycles. The van der Waals surface area contributed by atoms with E-state index in [9.17, 15) is 4.79 Å². The van der Waals surface area contributed by atoms with Gasteiger partial charge in [-0.05, 0) is 59.9 Å². The minimum Gasteiger partial charge on any atom is -0.497 e. The van der Waals surface area contributed by atoms with Crippen molar-refractivity contribution in [1.82, 2.24) is 5.32 Å². The van der Waals surface area contributed by atoms with Gasteiger partial charge in [0.25, 0.3) is 0 Å². The molecule has 1 aliphatic carbocycles. The summed E-state index contributed by atoms with van der Waals surface area (Å²) in [4.78, 5) is 11.0. The van der Waals surface area contributed by atoms with Crippen LogP contribution >= 0.6 is 0 Å². The highest BCUT2D eigenvalue weighted by Gasteiger charge is 2.23. The van der Waals surface area contributed by atoms with Crippen LogP contribution in [0.15, 0.2) is 30.3 Å². The Morgan fingerprint density at radius 2 is 2.05 bits per heavy atom. The third-order valence-electron chi connectivity index (χ3n) is 3.82. The van der Waals surface area contributed by atoms with Crippen LogP contribution in [-0.4, -0.2) is 25.7 Å². The number of carbonyl (C=O) groups excluding carboxylic acids is 1. The number of benzene rings is 2. The molecule has 4 heteroatoms. The number of carbonyl (C=O) groups is 1. The molecule has 1 saturated carbocycles.